The second-order valence-electron chi connectivity index (χ2n) is 4.57. The third kappa shape index (κ3) is 2.36. The summed E-state index contributed by atoms with van der Waals surface area (Å²) in [7, 11) is 5.40. The molecule has 1 atom stereocenters. The van der Waals surface area contributed by atoms with Crippen molar-refractivity contribution in [2.75, 3.05) is 21.3 Å². The first-order valence-electron chi connectivity index (χ1n) is 6.33. The standard InChI is InChI=1S/C14H20BrNO2/c1-16-11-7-5-4-6-9-10(15)8-12(17-2)14(18-3)13(9)11/h8,11,16H,4-7H2,1-3H3. The summed E-state index contributed by atoms with van der Waals surface area (Å²) in [5.41, 5.74) is 2.60. The second kappa shape index (κ2) is 5.93. The highest BCUT2D eigenvalue weighted by molar-refractivity contribution is 9.10. The summed E-state index contributed by atoms with van der Waals surface area (Å²) >= 11 is 3.67. The van der Waals surface area contributed by atoms with E-state index in [-0.39, 0.29) is 0 Å². The number of halogens is 1. The van der Waals surface area contributed by atoms with Gasteiger partial charge < -0.3 is 14.8 Å². The van der Waals surface area contributed by atoms with Crippen LogP contribution in [0.2, 0.25) is 0 Å². The summed E-state index contributed by atoms with van der Waals surface area (Å²) in [6.45, 7) is 0. The van der Waals surface area contributed by atoms with Crippen LogP contribution in [0.4, 0.5) is 0 Å². The maximum absolute atomic E-state index is 5.59. The van der Waals surface area contributed by atoms with Crippen molar-refractivity contribution in [3.63, 3.8) is 0 Å². The van der Waals surface area contributed by atoms with Gasteiger partial charge in [0.15, 0.2) is 11.5 Å². The van der Waals surface area contributed by atoms with Crippen molar-refractivity contribution < 1.29 is 9.47 Å². The van der Waals surface area contributed by atoms with Gasteiger partial charge >= 0.3 is 0 Å². The van der Waals surface area contributed by atoms with E-state index in [2.05, 4.69) is 21.2 Å². The highest BCUT2D eigenvalue weighted by atomic mass is 79.9. The van der Waals surface area contributed by atoms with E-state index >= 15 is 0 Å². The van der Waals surface area contributed by atoms with E-state index in [1.54, 1.807) is 14.2 Å². The number of hydrogen-bond donors (Lipinski definition) is 1. The minimum Gasteiger partial charge on any atom is -0.493 e. The van der Waals surface area contributed by atoms with Gasteiger partial charge in [-0.15, -0.1) is 0 Å². The number of rotatable bonds is 3. The summed E-state index contributed by atoms with van der Waals surface area (Å²) in [6.07, 6.45) is 4.69. The quantitative estimate of drug-likeness (QED) is 0.867. The Balaban J connectivity index is 2.64. The molecular weight excluding hydrogens is 294 g/mol. The molecule has 1 N–H and O–H groups in total. The molecule has 0 amide bonds. The monoisotopic (exact) mass is 313 g/mol. The zero-order chi connectivity index (χ0) is 13.1. The van der Waals surface area contributed by atoms with E-state index in [1.165, 1.54) is 24.0 Å². The molecule has 0 saturated carbocycles. The van der Waals surface area contributed by atoms with Crippen LogP contribution >= 0.6 is 15.9 Å². The van der Waals surface area contributed by atoms with Gasteiger partial charge in [0.2, 0.25) is 0 Å². The van der Waals surface area contributed by atoms with Crippen LogP contribution in [0.5, 0.6) is 11.5 Å². The van der Waals surface area contributed by atoms with Crippen molar-refractivity contribution in [1.29, 1.82) is 0 Å². The van der Waals surface area contributed by atoms with Gasteiger partial charge in [0.1, 0.15) is 0 Å². The predicted molar refractivity (Wildman–Crippen MR) is 76.6 cm³/mol. The minimum absolute atomic E-state index is 0.337. The highest BCUT2D eigenvalue weighted by Crippen LogP contribution is 2.44. The number of hydrogen-bond acceptors (Lipinski definition) is 3. The lowest BCUT2D eigenvalue weighted by molar-refractivity contribution is 0.346. The van der Waals surface area contributed by atoms with Gasteiger partial charge in [-0.1, -0.05) is 22.4 Å². The fraction of sp³-hybridized carbons (Fsp3) is 0.571. The van der Waals surface area contributed by atoms with Gasteiger partial charge in [0.05, 0.1) is 14.2 Å². The van der Waals surface area contributed by atoms with E-state index < -0.39 is 0 Å². The van der Waals surface area contributed by atoms with Crippen molar-refractivity contribution in [3.05, 3.63) is 21.7 Å². The van der Waals surface area contributed by atoms with E-state index in [1.807, 2.05) is 13.1 Å². The average Bonchev–Trinajstić information content (AvgIpc) is 2.61. The molecule has 0 aromatic heterocycles. The van der Waals surface area contributed by atoms with Gasteiger partial charge in [0.25, 0.3) is 0 Å². The van der Waals surface area contributed by atoms with E-state index in [0.717, 1.165) is 28.8 Å². The molecule has 0 heterocycles. The van der Waals surface area contributed by atoms with Crippen LogP contribution in [0, 0.1) is 0 Å². The van der Waals surface area contributed by atoms with E-state index in [0.29, 0.717) is 6.04 Å². The lowest BCUT2D eigenvalue weighted by Gasteiger charge is -2.23. The first kappa shape index (κ1) is 13.7. The number of fused-ring (bicyclic) bond motifs is 1. The van der Waals surface area contributed by atoms with Crippen molar-refractivity contribution in [2.24, 2.45) is 0 Å². The largest absolute Gasteiger partial charge is 0.493 e. The molecule has 0 aliphatic heterocycles. The van der Waals surface area contributed by atoms with E-state index in [4.69, 9.17) is 9.47 Å². The van der Waals surface area contributed by atoms with Crippen molar-refractivity contribution in [1.82, 2.24) is 5.32 Å². The molecule has 1 aromatic carbocycles. The molecule has 0 bridgehead atoms. The Hall–Kier alpha value is -0.740. The Morgan fingerprint density at radius 1 is 1.28 bits per heavy atom. The molecule has 0 spiro atoms. The van der Waals surface area contributed by atoms with Gasteiger partial charge in [0, 0.05) is 16.1 Å². The van der Waals surface area contributed by atoms with E-state index in [9.17, 15) is 0 Å². The smallest absolute Gasteiger partial charge is 0.165 e. The fourth-order valence-electron chi connectivity index (χ4n) is 2.73. The minimum atomic E-state index is 0.337. The summed E-state index contributed by atoms with van der Waals surface area (Å²) in [5, 5.41) is 3.40. The normalized spacial score (nSPS) is 19.0. The fourth-order valence-corrected chi connectivity index (χ4v) is 3.35. The molecule has 1 aromatic rings. The Morgan fingerprint density at radius 3 is 2.67 bits per heavy atom. The third-order valence-electron chi connectivity index (χ3n) is 3.63. The van der Waals surface area contributed by atoms with Gasteiger partial charge in [-0.3, -0.25) is 0 Å². The SMILES string of the molecule is CNC1CCCCc2c(Br)cc(OC)c(OC)c21. The van der Waals surface area contributed by atoms with Crippen LogP contribution in [0.15, 0.2) is 10.5 Å². The lowest BCUT2D eigenvalue weighted by Crippen LogP contribution is -2.18. The Morgan fingerprint density at radius 2 is 2.06 bits per heavy atom. The van der Waals surface area contributed by atoms with Crippen LogP contribution in [0.3, 0.4) is 0 Å². The molecule has 100 valence electrons. The second-order valence-corrected chi connectivity index (χ2v) is 5.43. The molecule has 18 heavy (non-hydrogen) atoms. The molecule has 1 aliphatic rings. The molecule has 0 radical (unpaired) electrons. The molecule has 0 saturated heterocycles. The Kier molecular flexibility index (Phi) is 4.51. The van der Waals surface area contributed by atoms with Crippen LogP contribution in [0.25, 0.3) is 0 Å². The van der Waals surface area contributed by atoms with Crippen LogP contribution in [0.1, 0.15) is 36.4 Å². The molecule has 2 rings (SSSR count). The summed E-state index contributed by atoms with van der Waals surface area (Å²) in [4.78, 5) is 0. The summed E-state index contributed by atoms with van der Waals surface area (Å²) in [6, 6.07) is 2.35. The van der Waals surface area contributed by atoms with Gasteiger partial charge in [-0.25, -0.2) is 0 Å². The third-order valence-corrected chi connectivity index (χ3v) is 4.34. The van der Waals surface area contributed by atoms with Crippen molar-refractivity contribution in [2.45, 2.75) is 31.7 Å². The zero-order valence-electron chi connectivity index (χ0n) is 11.2. The topological polar surface area (TPSA) is 30.5 Å². The molecule has 4 heteroatoms. The van der Waals surface area contributed by atoms with Crippen LogP contribution in [-0.4, -0.2) is 21.3 Å². The highest BCUT2D eigenvalue weighted by Gasteiger charge is 2.26. The van der Waals surface area contributed by atoms with Crippen LogP contribution in [-0.2, 0) is 6.42 Å². The van der Waals surface area contributed by atoms with Crippen molar-refractivity contribution >= 4 is 15.9 Å². The number of ether oxygens (including phenoxy) is 2. The van der Waals surface area contributed by atoms with Gasteiger partial charge in [-0.05, 0) is 37.9 Å². The maximum Gasteiger partial charge on any atom is 0.165 e. The lowest BCUT2D eigenvalue weighted by atomic mass is 9.97. The molecule has 0 fully saturated rings. The molecule has 1 aliphatic carbocycles. The number of benzene rings is 1. The molecule has 1 unspecified atom stereocenters. The first-order chi connectivity index (χ1) is 8.72. The van der Waals surface area contributed by atoms with Gasteiger partial charge in [-0.2, -0.15) is 0 Å². The Bertz CT molecular complexity index is 434. The number of methoxy groups -OCH3 is 2. The first-order valence-corrected chi connectivity index (χ1v) is 7.12. The maximum atomic E-state index is 5.59. The van der Waals surface area contributed by atoms with Crippen LogP contribution < -0.4 is 14.8 Å². The molecular formula is C14H20BrNO2. The summed E-state index contributed by atoms with van der Waals surface area (Å²) < 4.78 is 12.1. The predicted octanol–water partition coefficient (Wildman–Crippen LogP) is 3.45. The average molecular weight is 314 g/mol. The Labute approximate surface area is 117 Å². The zero-order valence-corrected chi connectivity index (χ0v) is 12.8. The van der Waals surface area contributed by atoms with Crippen molar-refractivity contribution in [3.8, 4) is 11.5 Å². The number of nitrogens with one attached hydrogen (secondary N) is 1. The molecule has 3 nitrogen and oxygen atoms in total. The summed E-state index contributed by atoms with van der Waals surface area (Å²) in [5.74, 6) is 1.67.